The van der Waals surface area contributed by atoms with E-state index in [-0.39, 0.29) is 12.5 Å². The van der Waals surface area contributed by atoms with Crippen LogP contribution in [0.1, 0.15) is 31.0 Å². The van der Waals surface area contributed by atoms with Crippen LogP contribution in [0.2, 0.25) is 0 Å². The highest BCUT2D eigenvalue weighted by Crippen LogP contribution is 2.11. The van der Waals surface area contributed by atoms with Crippen molar-refractivity contribution in [2.75, 3.05) is 26.2 Å². The zero-order valence-electron chi connectivity index (χ0n) is 12.1. The van der Waals surface area contributed by atoms with Gasteiger partial charge in [-0.25, -0.2) is 0 Å². The van der Waals surface area contributed by atoms with E-state index in [1.54, 1.807) is 6.92 Å². The zero-order valence-corrected chi connectivity index (χ0v) is 12.1. The van der Waals surface area contributed by atoms with Crippen LogP contribution in [-0.2, 0) is 22.6 Å². The molecule has 1 saturated heterocycles. The van der Waals surface area contributed by atoms with E-state index in [2.05, 4.69) is 27.3 Å². The molecule has 0 unspecified atom stereocenters. The van der Waals surface area contributed by atoms with E-state index in [9.17, 15) is 4.79 Å². The molecule has 1 aliphatic rings. The van der Waals surface area contributed by atoms with Crippen molar-refractivity contribution < 1.29 is 9.53 Å². The predicted octanol–water partition coefficient (Wildman–Crippen LogP) is 1.33. The van der Waals surface area contributed by atoms with Gasteiger partial charge in [0.05, 0.1) is 18.8 Å². The summed E-state index contributed by atoms with van der Waals surface area (Å²) in [6.45, 7) is 6.42. The van der Waals surface area contributed by atoms with Gasteiger partial charge in [0.1, 0.15) is 0 Å². The van der Waals surface area contributed by atoms with Gasteiger partial charge in [-0.3, -0.25) is 14.7 Å². The standard InChI is InChI=1S/C15H23N3O2/c1-2-20-15(19)11-16-9-13-5-6-14(17-10-13)12-18-7-3-4-8-18/h5-6,10,16H,2-4,7-9,11-12H2,1H3. The summed E-state index contributed by atoms with van der Waals surface area (Å²) in [6, 6.07) is 4.14. The lowest BCUT2D eigenvalue weighted by Crippen LogP contribution is -2.24. The van der Waals surface area contributed by atoms with E-state index >= 15 is 0 Å². The molecular formula is C15H23N3O2. The van der Waals surface area contributed by atoms with Crippen molar-refractivity contribution in [3.63, 3.8) is 0 Å². The number of carbonyl (C=O) groups is 1. The fraction of sp³-hybridized carbons (Fsp3) is 0.600. The van der Waals surface area contributed by atoms with Crippen molar-refractivity contribution in [2.45, 2.75) is 32.9 Å². The Kier molecular flexibility index (Phi) is 5.95. The zero-order chi connectivity index (χ0) is 14.2. The number of hydrogen-bond donors (Lipinski definition) is 1. The Morgan fingerprint density at radius 1 is 1.40 bits per heavy atom. The molecule has 0 bridgehead atoms. The Hall–Kier alpha value is -1.46. The first-order valence-electron chi connectivity index (χ1n) is 7.30. The minimum absolute atomic E-state index is 0.217. The molecule has 0 atom stereocenters. The molecule has 1 aliphatic heterocycles. The molecule has 1 aromatic heterocycles. The van der Waals surface area contributed by atoms with E-state index < -0.39 is 0 Å². The quantitative estimate of drug-likeness (QED) is 0.762. The number of nitrogens with one attached hydrogen (secondary N) is 1. The van der Waals surface area contributed by atoms with Crippen molar-refractivity contribution in [3.8, 4) is 0 Å². The summed E-state index contributed by atoms with van der Waals surface area (Å²) in [5.74, 6) is -0.217. The van der Waals surface area contributed by atoms with E-state index in [0.717, 1.165) is 17.8 Å². The third kappa shape index (κ3) is 4.90. The van der Waals surface area contributed by atoms with Gasteiger partial charge in [-0.15, -0.1) is 0 Å². The van der Waals surface area contributed by atoms with Gasteiger partial charge in [0.15, 0.2) is 0 Å². The van der Waals surface area contributed by atoms with Crippen LogP contribution in [0.4, 0.5) is 0 Å². The molecule has 0 saturated carbocycles. The summed E-state index contributed by atoms with van der Waals surface area (Å²) >= 11 is 0. The Labute approximate surface area is 120 Å². The summed E-state index contributed by atoms with van der Waals surface area (Å²) in [5, 5.41) is 3.05. The minimum Gasteiger partial charge on any atom is -0.465 e. The van der Waals surface area contributed by atoms with Crippen LogP contribution in [0, 0.1) is 0 Å². The van der Waals surface area contributed by atoms with Crippen molar-refractivity contribution in [1.29, 1.82) is 0 Å². The van der Waals surface area contributed by atoms with Crippen molar-refractivity contribution in [1.82, 2.24) is 15.2 Å². The lowest BCUT2D eigenvalue weighted by Gasteiger charge is -2.13. The fourth-order valence-corrected chi connectivity index (χ4v) is 2.34. The number of nitrogens with zero attached hydrogens (tertiary/aromatic N) is 2. The van der Waals surface area contributed by atoms with Gasteiger partial charge in [0.25, 0.3) is 0 Å². The smallest absolute Gasteiger partial charge is 0.319 e. The largest absolute Gasteiger partial charge is 0.465 e. The highest BCUT2D eigenvalue weighted by Gasteiger charge is 2.12. The van der Waals surface area contributed by atoms with Gasteiger partial charge in [-0.1, -0.05) is 6.07 Å². The van der Waals surface area contributed by atoms with Gasteiger partial charge in [-0.05, 0) is 44.5 Å². The van der Waals surface area contributed by atoms with E-state index in [1.165, 1.54) is 25.9 Å². The highest BCUT2D eigenvalue weighted by atomic mass is 16.5. The monoisotopic (exact) mass is 277 g/mol. The Bertz CT molecular complexity index is 414. The molecule has 1 N–H and O–H groups in total. The number of ether oxygens (including phenoxy) is 1. The van der Waals surface area contributed by atoms with Crippen LogP contribution in [0.25, 0.3) is 0 Å². The summed E-state index contributed by atoms with van der Waals surface area (Å²) in [4.78, 5) is 18.1. The van der Waals surface area contributed by atoms with Crippen LogP contribution in [0.5, 0.6) is 0 Å². The molecule has 0 amide bonds. The molecule has 110 valence electrons. The summed E-state index contributed by atoms with van der Waals surface area (Å²) in [7, 11) is 0. The molecule has 0 radical (unpaired) electrons. The maximum atomic E-state index is 11.2. The molecule has 0 aliphatic carbocycles. The van der Waals surface area contributed by atoms with Gasteiger partial charge in [0.2, 0.25) is 0 Å². The first-order chi connectivity index (χ1) is 9.78. The number of pyridine rings is 1. The van der Waals surface area contributed by atoms with Crippen molar-refractivity contribution in [2.24, 2.45) is 0 Å². The number of hydrogen-bond acceptors (Lipinski definition) is 5. The second kappa shape index (κ2) is 7.97. The van der Waals surface area contributed by atoms with Crippen LogP contribution in [-0.4, -0.2) is 42.1 Å². The average Bonchev–Trinajstić information content (AvgIpc) is 2.94. The van der Waals surface area contributed by atoms with Gasteiger partial charge < -0.3 is 10.1 Å². The summed E-state index contributed by atoms with van der Waals surface area (Å²) < 4.78 is 4.85. The van der Waals surface area contributed by atoms with Gasteiger partial charge >= 0.3 is 5.97 Å². The normalized spacial score (nSPS) is 15.4. The fourth-order valence-electron chi connectivity index (χ4n) is 2.34. The predicted molar refractivity (Wildman–Crippen MR) is 77.1 cm³/mol. The Morgan fingerprint density at radius 2 is 2.20 bits per heavy atom. The van der Waals surface area contributed by atoms with Crippen LogP contribution < -0.4 is 5.32 Å². The highest BCUT2D eigenvalue weighted by molar-refractivity contribution is 5.71. The lowest BCUT2D eigenvalue weighted by molar-refractivity contribution is -0.142. The summed E-state index contributed by atoms with van der Waals surface area (Å²) in [5.41, 5.74) is 2.19. The average molecular weight is 277 g/mol. The van der Waals surface area contributed by atoms with Crippen LogP contribution in [0.3, 0.4) is 0 Å². The first-order valence-corrected chi connectivity index (χ1v) is 7.30. The van der Waals surface area contributed by atoms with Crippen LogP contribution in [0.15, 0.2) is 18.3 Å². The molecule has 5 heteroatoms. The number of rotatable bonds is 7. The van der Waals surface area contributed by atoms with E-state index in [1.807, 2.05) is 6.20 Å². The third-order valence-electron chi connectivity index (χ3n) is 3.37. The number of aromatic nitrogens is 1. The maximum Gasteiger partial charge on any atom is 0.319 e. The second-order valence-electron chi connectivity index (χ2n) is 5.05. The molecular weight excluding hydrogens is 254 g/mol. The topological polar surface area (TPSA) is 54.5 Å². The van der Waals surface area contributed by atoms with Crippen molar-refractivity contribution >= 4 is 5.97 Å². The maximum absolute atomic E-state index is 11.2. The Balaban J connectivity index is 1.72. The molecule has 2 rings (SSSR count). The third-order valence-corrected chi connectivity index (χ3v) is 3.37. The number of likely N-dealkylation sites (tertiary alicyclic amines) is 1. The minimum atomic E-state index is -0.217. The lowest BCUT2D eigenvalue weighted by atomic mass is 10.2. The Morgan fingerprint density at radius 3 is 2.85 bits per heavy atom. The molecule has 1 aromatic rings. The molecule has 2 heterocycles. The van der Waals surface area contributed by atoms with Crippen molar-refractivity contribution in [3.05, 3.63) is 29.6 Å². The molecule has 0 spiro atoms. The van der Waals surface area contributed by atoms with E-state index in [0.29, 0.717) is 13.2 Å². The molecule has 0 aromatic carbocycles. The second-order valence-corrected chi connectivity index (χ2v) is 5.05. The molecule has 20 heavy (non-hydrogen) atoms. The molecule has 1 fully saturated rings. The first kappa shape index (κ1) is 14.9. The number of esters is 1. The van der Waals surface area contributed by atoms with Crippen LogP contribution >= 0.6 is 0 Å². The SMILES string of the molecule is CCOC(=O)CNCc1ccc(CN2CCCC2)nc1. The van der Waals surface area contributed by atoms with E-state index in [4.69, 9.17) is 4.74 Å². The summed E-state index contributed by atoms with van der Waals surface area (Å²) in [6.07, 6.45) is 4.48. The molecule has 5 nitrogen and oxygen atoms in total. The van der Waals surface area contributed by atoms with Gasteiger partial charge in [-0.2, -0.15) is 0 Å². The van der Waals surface area contributed by atoms with Gasteiger partial charge in [0, 0.05) is 19.3 Å². The number of carbonyl (C=O) groups excluding carboxylic acids is 1.